The molecule has 2 N–H and O–H groups in total. The van der Waals surface area contributed by atoms with E-state index in [-0.39, 0.29) is 24.0 Å². The quantitative estimate of drug-likeness (QED) is 0.394. The summed E-state index contributed by atoms with van der Waals surface area (Å²) in [6.07, 6.45) is 7.18. The molecule has 24 heavy (non-hydrogen) atoms. The minimum atomic E-state index is 0. The lowest BCUT2D eigenvalue weighted by Crippen LogP contribution is -2.40. The number of aromatic nitrogens is 1. The van der Waals surface area contributed by atoms with Crippen molar-refractivity contribution < 1.29 is 4.52 Å². The lowest BCUT2D eigenvalue weighted by molar-refractivity contribution is 0.282. The summed E-state index contributed by atoms with van der Waals surface area (Å²) in [5.74, 6) is 3.48. The van der Waals surface area contributed by atoms with Crippen molar-refractivity contribution in [3.8, 4) is 0 Å². The van der Waals surface area contributed by atoms with Crippen LogP contribution < -0.4 is 10.6 Å². The first kappa shape index (κ1) is 21.3. The highest BCUT2D eigenvalue weighted by Gasteiger charge is 2.19. The van der Waals surface area contributed by atoms with Crippen LogP contribution in [0.5, 0.6) is 0 Å². The molecule has 0 aromatic carbocycles. The number of guanidine groups is 1. The normalized spacial score (nSPS) is 21.2. The number of rotatable bonds is 6. The molecule has 2 atom stereocenters. The molecule has 1 aromatic rings. The molecule has 138 valence electrons. The Morgan fingerprint density at radius 2 is 2.04 bits per heavy atom. The summed E-state index contributed by atoms with van der Waals surface area (Å²) < 4.78 is 5.42. The molecular weight excluding hydrogens is 415 g/mol. The third-order valence-electron chi connectivity index (χ3n) is 4.87. The molecule has 1 aromatic heterocycles. The van der Waals surface area contributed by atoms with Crippen molar-refractivity contribution in [2.75, 3.05) is 13.6 Å². The predicted octanol–water partition coefficient (Wildman–Crippen LogP) is 3.91. The van der Waals surface area contributed by atoms with Crippen molar-refractivity contribution >= 4 is 29.9 Å². The Bertz CT molecular complexity index is 494. The fourth-order valence-corrected chi connectivity index (χ4v) is 3.52. The molecule has 2 unspecified atom stereocenters. The molecule has 1 fully saturated rings. The third kappa shape index (κ3) is 5.93. The molecule has 2 rings (SSSR count). The van der Waals surface area contributed by atoms with E-state index in [1.54, 1.807) is 0 Å². The van der Waals surface area contributed by atoms with Gasteiger partial charge in [0.1, 0.15) is 5.76 Å². The van der Waals surface area contributed by atoms with E-state index in [1.807, 2.05) is 7.05 Å². The van der Waals surface area contributed by atoms with E-state index in [9.17, 15) is 0 Å². The molecule has 0 amide bonds. The van der Waals surface area contributed by atoms with Crippen molar-refractivity contribution in [2.45, 2.75) is 65.8 Å². The van der Waals surface area contributed by atoms with Gasteiger partial charge in [-0.25, -0.2) is 0 Å². The maximum Gasteiger partial charge on any atom is 0.191 e. The summed E-state index contributed by atoms with van der Waals surface area (Å²) in [5.41, 5.74) is 2.23. The lowest BCUT2D eigenvalue weighted by Gasteiger charge is -2.27. The van der Waals surface area contributed by atoms with Gasteiger partial charge in [0.25, 0.3) is 0 Å². The number of nitrogens with zero attached hydrogens (tertiary/aromatic N) is 2. The molecule has 1 aliphatic carbocycles. The van der Waals surface area contributed by atoms with Crippen molar-refractivity contribution in [3.05, 3.63) is 17.0 Å². The smallest absolute Gasteiger partial charge is 0.191 e. The average Bonchev–Trinajstić information content (AvgIpc) is 2.97. The van der Waals surface area contributed by atoms with Crippen LogP contribution in [-0.4, -0.2) is 24.7 Å². The van der Waals surface area contributed by atoms with Gasteiger partial charge in [-0.05, 0) is 31.1 Å². The fraction of sp³-hybridized carbons (Fsp3) is 0.778. The van der Waals surface area contributed by atoms with Crippen molar-refractivity contribution in [1.82, 2.24) is 15.8 Å². The molecule has 1 saturated carbocycles. The number of hydrogen-bond donors (Lipinski definition) is 2. The van der Waals surface area contributed by atoms with Gasteiger partial charge in [0, 0.05) is 32.1 Å². The number of halogens is 1. The zero-order valence-electron chi connectivity index (χ0n) is 15.5. The van der Waals surface area contributed by atoms with E-state index in [0.717, 1.165) is 55.2 Å². The highest BCUT2D eigenvalue weighted by molar-refractivity contribution is 14.0. The Labute approximate surface area is 163 Å². The van der Waals surface area contributed by atoms with Gasteiger partial charge in [-0.15, -0.1) is 24.0 Å². The summed E-state index contributed by atoms with van der Waals surface area (Å²) in [6.45, 7) is 8.30. The standard InChI is InChI=1S/C18H32N4O.HI/c1-5-16-15(17(6-2)23-22-16)12-21-18(19-4)20-11-14-9-7-8-13(3)10-14;/h13-14H,5-12H2,1-4H3,(H2,19,20,21);1H. The highest BCUT2D eigenvalue weighted by Crippen LogP contribution is 2.27. The van der Waals surface area contributed by atoms with Crippen molar-refractivity contribution in [1.29, 1.82) is 0 Å². The van der Waals surface area contributed by atoms with Gasteiger partial charge in [-0.1, -0.05) is 38.8 Å². The van der Waals surface area contributed by atoms with Crippen LogP contribution in [-0.2, 0) is 19.4 Å². The molecule has 0 aliphatic heterocycles. The summed E-state index contributed by atoms with van der Waals surface area (Å²) in [5, 5.41) is 11.1. The van der Waals surface area contributed by atoms with Gasteiger partial charge in [-0.2, -0.15) is 0 Å². The third-order valence-corrected chi connectivity index (χ3v) is 4.87. The first-order valence-electron chi connectivity index (χ1n) is 9.08. The van der Waals surface area contributed by atoms with Crippen LogP contribution in [0.15, 0.2) is 9.52 Å². The summed E-state index contributed by atoms with van der Waals surface area (Å²) in [4.78, 5) is 4.35. The van der Waals surface area contributed by atoms with E-state index in [1.165, 1.54) is 31.2 Å². The van der Waals surface area contributed by atoms with E-state index in [0.29, 0.717) is 0 Å². The van der Waals surface area contributed by atoms with Gasteiger partial charge in [0.2, 0.25) is 0 Å². The number of aryl methyl sites for hydroxylation is 2. The number of hydrogen-bond acceptors (Lipinski definition) is 3. The summed E-state index contributed by atoms with van der Waals surface area (Å²) >= 11 is 0. The SMILES string of the molecule is CCc1noc(CC)c1CNC(=NC)NCC1CCCC(C)C1.I. The van der Waals surface area contributed by atoms with Crippen LogP contribution in [0, 0.1) is 11.8 Å². The van der Waals surface area contributed by atoms with Crippen LogP contribution >= 0.6 is 24.0 Å². The van der Waals surface area contributed by atoms with Gasteiger partial charge < -0.3 is 15.2 Å². The second kappa shape index (κ2) is 10.9. The lowest BCUT2D eigenvalue weighted by atomic mass is 9.82. The number of aliphatic imine (C=N–C) groups is 1. The van der Waals surface area contributed by atoms with Gasteiger partial charge in [-0.3, -0.25) is 4.99 Å². The molecule has 0 saturated heterocycles. The molecule has 0 spiro atoms. The minimum absolute atomic E-state index is 0. The molecule has 5 nitrogen and oxygen atoms in total. The van der Waals surface area contributed by atoms with Crippen LogP contribution in [0.3, 0.4) is 0 Å². The fourth-order valence-electron chi connectivity index (χ4n) is 3.52. The van der Waals surface area contributed by atoms with Gasteiger partial charge >= 0.3 is 0 Å². The predicted molar refractivity (Wildman–Crippen MR) is 110 cm³/mol. The monoisotopic (exact) mass is 448 g/mol. The van der Waals surface area contributed by atoms with E-state index >= 15 is 0 Å². The van der Waals surface area contributed by atoms with E-state index in [2.05, 4.69) is 41.6 Å². The minimum Gasteiger partial charge on any atom is -0.361 e. The van der Waals surface area contributed by atoms with Crippen LogP contribution in [0.2, 0.25) is 0 Å². The topological polar surface area (TPSA) is 62.5 Å². The zero-order valence-corrected chi connectivity index (χ0v) is 17.9. The number of nitrogens with one attached hydrogen (secondary N) is 2. The van der Waals surface area contributed by atoms with Gasteiger partial charge in [0.15, 0.2) is 5.96 Å². The second-order valence-electron chi connectivity index (χ2n) is 6.68. The molecular formula is C18H33IN4O. The Morgan fingerprint density at radius 1 is 1.25 bits per heavy atom. The Hall–Kier alpha value is -0.790. The van der Waals surface area contributed by atoms with Crippen LogP contribution in [0.4, 0.5) is 0 Å². The molecule has 1 aliphatic rings. The molecule has 1 heterocycles. The maximum atomic E-state index is 5.42. The molecule has 0 radical (unpaired) electrons. The Kier molecular flexibility index (Phi) is 9.69. The van der Waals surface area contributed by atoms with Crippen molar-refractivity contribution in [3.63, 3.8) is 0 Å². The Balaban J connectivity index is 0.00000288. The first-order chi connectivity index (χ1) is 11.2. The van der Waals surface area contributed by atoms with Crippen molar-refractivity contribution in [2.24, 2.45) is 16.8 Å². The molecule has 0 bridgehead atoms. The zero-order chi connectivity index (χ0) is 16.7. The van der Waals surface area contributed by atoms with Crippen LogP contribution in [0.1, 0.15) is 63.5 Å². The second-order valence-corrected chi connectivity index (χ2v) is 6.68. The van der Waals surface area contributed by atoms with E-state index < -0.39 is 0 Å². The molecule has 6 heteroatoms. The maximum absolute atomic E-state index is 5.42. The summed E-state index contributed by atoms with van der Waals surface area (Å²) in [7, 11) is 1.83. The average molecular weight is 448 g/mol. The summed E-state index contributed by atoms with van der Waals surface area (Å²) in [6, 6.07) is 0. The largest absolute Gasteiger partial charge is 0.361 e. The van der Waals surface area contributed by atoms with Crippen LogP contribution in [0.25, 0.3) is 0 Å². The van der Waals surface area contributed by atoms with E-state index in [4.69, 9.17) is 4.52 Å². The van der Waals surface area contributed by atoms with Gasteiger partial charge in [0.05, 0.1) is 5.69 Å². The highest BCUT2D eigenvalue weighted by atomic mass is 127. The first-order valence-corrected chi connectivity index (χ1v) is 9.08. The Morgan fingerprint density at radius 3 is 2.67 bits per heavy atom.